The molecule has 7 nitrogen and oxygen atoms in total. The smallest absolute Gasteiger partial charge is 0.299 e. The molecule has 2 saturated heterocycles. The predicted octanol–water partition coefficient (Wildman–Crippen LogP) is 4.91. The highest BCUT2D eigenvalue weighted by atomic mass is 35.5. The molecule has 0 unspecified atom stereocenters. The van der Waals surface area contributed by atoms with E-state index in [9.17, 15) is 5.11 Å². The van der Waals surface area contributed by atoms with Gasteiger partial charge in [0.25, 0.3) is 6.01 Å². The lowest BCUT2D eigenvalue weighted by Gasteiger charge is -2.19. The molecule has 0 aliphatic carbocycles. The molecule has 4 aromatic rings. The van der Waals surface area contributed by atoms with E-state index in [4.69, 9.17) is 35.8 Å². The zero-order valence-electron chi connectivity index (χ0n) is 19.5. The maximum absolute atomic E-state index is 10.0. The number of nitrogens with zero attached hydrogens (tertiary/aromatic N) is 3. The van der Waals surface area contributed by atoms with Gasteiger partial charge in [0, 0.05) is 11.6 Å². The number of aliphatic hydroxyl groups is 1. The Balaban J connectivity index is 1.34. The Bertz CT molecular complexity index is 1360. The molecule has 2 fully saturated rings. The van der Waals surface area contributed by atoms with Crippen molar-refractivity contribution in [1.29, 1.82) is 0 Å². The van der Waals surface area contributed by atoms with Crippen LogP contribution in [-0.4, -0.2) is 57.3 Å². The van der Waals surface area contributed by atoms with E-state index in [1.165, 1.54) is 0 Å². The zero-order chi connectivity index (χ0) is 24.1. The summed E-state index contributed by atoms with van der Waals surface area (Å²) in [6, 6.07) is 20.8. The van der Waals surface area contributed by atoms with E-state index in [-0.39, 0.29) is 31.0 Å². The fraction of sp³-hybridized carbons (Fsp3) is 0.333. The first kappa shape index (κ1) is 22.5. The maximum Gasteiger partial charge on any atom is 0.299 e. The van der Waals surface area contributed by atoms with Gasteiger partial charge in [-0.05, 0) is 31.0 Å². The highest BCUT2D eigenvalue weighted by Gasteiger charge is 2.49. The van der Waals surface area contributed by atoms with Crippen LogP contribution >= 0.6 is 11.6 Å². The Labute approximate surface area is 208 Å². The highest BCUT2D eigenvalue weighted by molar-refractivity contribution is 6.33. The van der Waals surface area contributed by atoms with Gasteiger partial charge in [-0.2, -0.15) is 4.98 Å². The monoisotopic (exact) mass is 491 g/mol. The summed E-state index contributed by atoms with van der Waals surface area (Å²) in [4.78, 5) is 9.54. The SMILES string of the molecule is CC(C)n1c(O[C@@H]2CO[C@H]3[C@@H]2OC[C@H]3O)nc2nc(-c3ccc(-c4ccccc4)cc3)c(Cl)cc21. The molecule has 180 valence electrons. The summed E-state index contributed by atoms with van der Waals surface area (Å²) < 4.78 is 19.7. The topological polar surface area (TPSA) is 78.6 Å². The fourth-order valence-electron chi connectivity index (χ4n) is 4.89. The molecular weight excluding hydrogens is 466 g/mol. The van der Waals surface area contributed by atoms with Crippen molar-refractivity contribution in [3.05, 3.63) is 65.7 Å². The minimum Gasteiger partial charge on any atom is -0.456 e. The third-order valence-electron chi connectivity index (χ3n) is 6.62. The molecule has 1 N–H and O–H groups in total. The summed E-state index contributed by atoms with van der Waals surface area (Å²) in [7, 11) is 0. The number of imidazole rings is 1. The van der Waals surface area contributed by atoms with E-state index >= 15 is 0 Å². The molecule has 2 aromatic carbocycles. The van der Waals surface area contributed by atoms with Gasteiger partial charge in [0.2, 0.25) is 0 Å². The Morgan fingerprint density at radius 3 is 2.37 bits per heavy atom. The minimum atomic E-state index is -0.631. The Kier molecular flexibility index (Phi) is 5.73. The summed E-state index contributed by atoms with van der Waals surface area (Å²) in [6.45, 7) is 4.70. The van der Waals surface area contributed by atoms with Crippen molar-refractivity contribution >= 4 is 22.8 Å². The van der Waals surface area contributed by atoms with Crippen molar-refractivity contribution < 1.29 is 19.3 Å². The molecule has 2 aliphatic rings. The van der Waals surface area contributed by atoms with Crippen LogP contribution in [0.1, 0.15) is 19.9 Å². The molecule has 2 aromatic heterocycles. The molecule has 4 heterocycles. The summed E-state index contributed by atoms with van der Waals surface area (Å²) in [5.74, 6) is 0. The highest BCUT2D eigenvalue weighted by Crippen LogP contribution is 2.35. The van der Waals surface area contributed by atoms with Crippen molar-refractivity contribution in [2.45, 2.75) is 44.3 Å². The molecule has 0 saturated carbocycles. The van der Waals surface area contributed by atoms with Gasteiger partial charge in [-0.25, -0.2) is 4.98 Å². The van der Waals surface area contributed by atoms with Crippen LogP contribution in [0.4, 0.5) is 0 Å². The summed E-state index contributed by atoms with van der Waals surface area (Å²) >= 11 is 6.73. The Morgan fingerprint density at radius 2 is 1.63 bits per heavy atom. The first-order chi connectivity index (χ1) is 17.0. The van der Waals surface area contributed by atoms with Gasteiger partial charge >= 0.3 is 0 Å². The summed E-state index contributed by atoms with van der Waals surface area (Å²) in [5.41, 5.74) is 5.23. The van der Waals surface area contributed by atoms with Crippen molar-refractivity contribution in [3.63, 3.8) is 0 Å². The van der Waals surface area contributed by atoms with Gasteiger partial charge in [0.1, 0.15) is 18.3 Å². The zero-order valence-corrected chi connectivity index (χ0v) is 20.2. The second-order valence-electron chi connectivity index (χ2n) is 9.28. The van der Waals surface area contributed by atoms with Crippen LogP contribution < -0.4 is 4.74 Å². The van der Waals surface area contributed by atoms with E-state index in [1.807, 2.05) is 41.0 Å². The maximum atomic E-state index is 10.0. The number of pyridine rings is 1. The van der Waals surface area contributed by atoms with Crippen LogP contribution in [0.25, 0.3) is 33.5 Å². The lowest BCUT2D eigenvalue weighted by atomic mass is 10.0. The lowest BCUT2D eigenvalue weighted by molar-refractivity contribution is 0.00593. The molecule has 2 aliphatic heterocycles. The number of halogens is 1. The minimum absolute atomic E-state index is 0.0667. The number of hydrogen-bond donors (Lipinski definition) is 1. The van der Waals surface area contributed by atoms with Gasteiger partial charge in [0.15, 0.2) is 11.8 Å². The molecular formula is C27H26ClN3O4. The molecule has 0 bridgehead atoms. The van der Waals surface area contributed by atoms with Crippen LogP contribution in [0.5, 0.6) is 6.01 Å². The summed E-state index contributed by atoms with van der Waals surface area (Å²) in [6.07, 6.45) is -1.67. The number of ether oxygens (including phenoxy) is 3. The molecule has 0 amide bonds. The van der Waals surface area contributed by atoms with Gasteiger partial charge in [-0.1, -0.05) is 66.2 Å². The standard InChI is InChI=1S/C27H26ClN3O4/c1-15(2)31-20-12-19(28)23(18-10-8-17(9-11-18)16-6-4-3-5-7-16)29-26(20)30-27(31)35-22-14-34-24-21(32)13-33-25(22)24/h3-12,15,21-22,24-25,32H,13-14H2,1-2H3/t21-,22-,24-,25-/m1/s1. The Hall–Kier alpha value is -2.97. The third kappa shape index (κ3) is 3.98. The van der Waals surface area contributed by atoms with E-state index in [0.29, 0.717) is 29.0 Å². The fourth-order valence-corrected chi connectivity index (χ4v) is 5.15. The van der Waals surface area contributed by atoms with Crippen molar-refractivity contribution in [2.24, 2.45) is 0 Å². The normalized spacial score (nSPS) is 23.8. The van der Waals surface area contributed by atoms with E-state index in [0.717, 1.165) is 22.2 Å². The number of rotatable bonds is 5. The average molecular weight is 492 g/mol. The number of hydrogen-bond acceptors (Lipinski definition) is 6. The number of fused-ring (bicyclic) bond motifs is 2. The second-order valence-corrected chi connectivity index (χ2v) is 9.69. The van der Waals surface area contributed by atoms with Crippen LogP contribution in [0.15, 0.2) is 60.7 Å². The number of benzene rings is 2. The van der Waals surface area contributed by atoms with Crippen molar-refractivity contribution in [1.82, 2.24) is 14.5 Å². The van der Waals surface area contributed by atoms with Gasteiger partial charge in [-0.3, -0.25) is 4.57 Å². The predicted molar refractivity (Wildman–Crippen MR) is 134 cm³/mol. The van der Waals surface area contributed by atoms with Crippen LogP contribution in [0.3, 0.4) is 0 Å². The number of aromatic nitrogens is 3. The lowest BCUT2D eigenvalue weighted by Crippen LogP contribution is -2.35. The van der Waals surface area contributed by atoms with Gasteiger partial charge in [-0.15, -0.1) is 0 Å². The van der Waals surface area contributed by atoms with Crippen molar-refractivity contribution in [3.8, 4) is 28.4 Å². The van der Waals surface area contributed by atoms with Gasteiger partial charge < -0.3 is 19.3 Å². The van der Waals surface area contributed by atoms with Crippen LogP contribution in [-0.2, 0) is 9.47 Å². The molecule has 0 radical (unpaired) electrons. The van der Waals surface area contributed by atoms with Crippen LogP contribution in [0.2, 0.25) is 5.02 Å². The average Bonchev–Trinajstić information content (AvgIpc) is 3.54. The van der Waals surface area contributed by atoms with E-state index in [1.54, 1.807) is 0 Å². The quantitative estimate of drug-likeness (QED) is 0.427. The van der Waals surface area contributed by atoms with Gasteiger partial charge in [0.05, 0.1) is 29.4 Å². The molecule has 8 heteroatoms. The van der Waals surface area contributed by atoms with E-state index < -0.39 is 6.10 Å². The van der Waals surface area contributed by atoms with Crippen molar-refractivity contribution in [2.75, 3.05) is 13.2 Å². The van der Waals surface area contributed by atoms with Crippen LogP contribution in [0, 0.1) is 0 Å². The second kappa shape index (κ2) is 8.91. The largest absolute Gasteiger partial charge is 0.456 e. The summed E-state index contributed by atoms with van der Waals surface area (Å²) in [5, 5.41) is 10.6. The molecule has 6 rings (SSSR count). The molecule has 4 atom stereocenters. The first-order valence-corrected chi connectivity index (χ1v) is 12.2. The van der Waals surface area contributed by atoms with E-state index in [2.05, 4.69) is 38.1 Å². The third-order valence-corrected chi connectivity index (χ3v) is 6.91. The molecule has 0 spiro atoms. The Morgan fingerprint density at radius 1 is 0.943 bits per heavy atom. The molecule has 35 heavy (non-hydrogen) atoms. The number of aliphatic hydroxyl groups excluding tert-OH is 1. The first-order valence-electron chi connectivity index (χ1n) is 11.8.